The maximum Gasteiger partial charge on any atom is 0.115 e. The van der Waals surface area contributed by atoms with Gasteiger partial charge in [-0.3, -0.25) is 0 Å². The van der Waals surface area contributed by atoms with Crippen LogP contribution in [0, 0.1) is 0 Å². The molecule has 0 spiro atoms. The normalized spacial score (nSPS) is 10.3. The van der Waals surface area contributed by atoms with Gasteiger partial charge in [0.25, 0.3) is 0 Å². The predicted molar refractivity (Wildman–Crippen MR) is 42.7 cm³/mol. The number of hydrogen-bond acceptors (Lipinski definition) is 1. The van der Waals surface area contributed by atoms with Gasteiger partial charge >= 0.3 is 0 Å². The van der Waals surface area contributed by atoms with Crippen LogP contribution in [0.5, 0.6) is 0 Å². The SMILES string of the molecule is C=Cn1ccnc1C(C)C. The second-order valence-corrected chi connectivity index (χ2v) is 2.53. The van der Waals surface area contributed by atoms with Crippen LogP contribution in [0.4, 0.5) is 0 Å². The molecule has 54 valence electrons. The van der Waals surface area contributed by atoms with Crippen LogP contribution in [-0.2, 0) is 0 Å². The van der Waals surface area contributed by atoms with E-state index in [1.165, 1.54) is 0 Å². The van der Waals surface area contributed by atoms with E-state index in [1.54, 1.807) is 12.4 Å². The van der Waals surface area contributed by atoms with Crippen LogP contribution in [0.1, 0.15) is 25.6 Å². The van der Waals surface area contributed by atoms with Gasteiger partial charge in [-0.25, -0.2) is 4.98 Å². The fraction of sp³-hybridized carbons (Fsp3) is 0.375. The molecule has 1 heterocycles. The zero-order valence-electron chi connectivity index (χ0n) is 6.41. The van der Waals surface area contributed by atoms with E-state index in [4.69, 9.17) is 0 Å². The molecule has 0 fully saturated rings. The lowest BCUT2D eigenvalue weighted by Crippen LogP contribution is -1.96. The summed E-state index contributed by atoms with van der Waals surface area (Å²) < 4.78 is 1.94. The molecule has 0 aromatic carbocycles. The van der Waals surface area contributed by atoms with Crippen molar-refractivity contribution in [2.24, 2.45) is 0 Å². The van der Waals surface area contributed by atoms with Gasteiger partial charge in [0.05, 0.1) is 0 Å². The van der Waals surface area contributed by atoms with Crippen molar-refractivity contribution in [2.75, 3.05) is 0 Å². The molecular weight excluding hydrogens is 124 g/mol. The highest BCUT2D eigenvalue weighted by Gasteiger charge is 2.02. The van der Waals surface area contributed by atoms with Gasteiger partial charge in [-0.15, -0.1) is 0 Å². The molecule has 0 saturated heterocycles. The Morgan fingerprint density at radius 1 is 1.70 bits per heavy atom. The summed E-state index contributed by atoms with van der Waals surface area (Å²) in [6.07, 6.45) is 5.46. The molecule has 1 aromatic rings. The first-order valence-corrected chi connectivity index (χ1v) is 3.41. The van der Waals surface area contributed by atoms with Gasteiger partial charge < -0.3 is 4.57 Å². The minimum atomic E-state index is 0.466. The van der Waals surface area contributed by atoms with Gasteiger partial charge in [0, 0.05) is 24.5 Å². The van der Waals surface area contributed by atoms with Gasteiger partial charge in [-0.2, -0.15) is 0 Å². The molecule has 0 amide bonds. The van der Waals surface area contributed by atoms with Crippen molar-refractivity contribution >= 4 is 6.20 Å². The quantitative estimate of drug-likeness (QED) is 0.608. The lowest BCUT2D eigenvalue weighted by Gasteiger charge is -2.03. The van der Waals surface area contributed by atoms with Crippen LogP contribution in [0.15, 0.2) is 19.0 Å². The van der Waals surface area contributed by atoms with Crippen LogP contribution in [0.2, 0.25) is 0 Å². The van der Waals surface area contributed by atoms with E-state index in [0.717, 1.165) is 5.82 Å². The van der Waals surface area contributed by atoms with Crippen molar-refractivity contribution in [2.45, 2.75) is 19.8 Å². The van der Waals surface area contributed by atoms with Gasteiger partial charge in [0.2, 0.25) is 0 Å². The first-order valence-electron chi connectivity index (χ1n) is 3.41. The Bertz CT molecular complexity index is 223. The van der Waals surface area contributed by atoms with Crippen molar-refractivity contribution in [3.05, 3.63) is 24.8 Å². The van der Waals surface area contributed by atoms with Crippen molar-refractivity contribution < 1.29 is 0 Å². The minimum absolute atomic E-state index is 0.466. The number of imidazole rings is 1. The fourth-order valence-corrected chi connectivity index (χ4v) is 0.926. The highest BCUT2D eigenvalue weighted by Crippen LogP contribution is 2.10. The summed E-state index contributed by atoms with van der Waals surface area (Å²) in [7, 11) is 0. The maximum atomic E-state index is 4.18. The van der Waals surface area contributed by atoms with Crippen LogP contribution in [0.25, 0.3) is 6.20 Å². The molecule has 0 aliphatic heterocycles. The number of nitrogens with zero attached hydrogens (tertiary/aromatic N) is 2. The molecule has 0 N–H and O–H groups in total. The molecule has 2 heteroatoms. The van der Waals surface area contributed by atoms with E-state index in [0.29, 0.717) is 5.92 Å². The summed E-state index contributed by atoms with van der Waals surface area (Å²) in [4.78, 5) is 4.18. The molecule has 2 nitrogen and oxygen atoms in total. The molecule has 1 aromatic heterocycles. The molecular formula is C8H12N2. The largest absolute Gasteiger partial charge is 0.311 e. The average Bonchev–Trinajstić information content (AvgIpc) is 2.33. The van der Waals surface area contributed by atoms with E-state index in [1.807, 2.05) is 10.8 Å². The smallest absolute Gasteiger partial charge is 0.115 e. The zero-order chi connectivity index (χ0) is 7.56. The summed E-state index contributed by atoms with van der Waals surface area (Å²) >= 11 is 0. The summed E-state index contributed by atoms with van der Waals surface area (Å²) in [5, 5.41) is 0. The Morgan fingerprint density at radius 3 is 2.80 bits per heavy atom. The first kappa shape index (κ1) is 7.06. The Hall–Kier alpha value is -1.05. The maximum absolute atomic E-state index is 4.18. The van der Waals surface area contributed by atoms with Crippen molar-refractivity contribution in [3.63, 3.8) is 0 Å². The van der Waals surface area contributed by atoms with E-state index in [-0.39, 0.29) is 0 Å². The summed E-state index contributed by atoms with van der Waals surface area (Å²) in [5.41, 5.74) is 0. The third-order valence-electron chi connectivity index (χ3n) is 1.41. The van der Waals surface area contributed by atoms with Crippen molar-refractivity contribution in [3.8, 4) is 0 Å². The molecule has 0 atom stereocenters. The van der Waals surface area contributed by atoms with Gasteiger partial charge in [0.1, 0.15) is 5.82 Å². The Labute approximate surface area is 61.2 Å². The molecule has 0 saturated carbocycles. The lowest BCUT2D eigenvalue weighted by atomic mass is 10.2. The third-order valence-corrected chi connectivity index (χ3v) is 1.41. The third kappa shape index (κ3) is 1.10. The summed E-state index contributed by atoms with van der Waals surface area (Å²) in [6, 6.07) is 0. The van der Waals surface area contributed by atoms with Crippen LogP contribution >= 0.6 is 0 Å². The van der Waals surface area contributed by atoms with Gasteiger partial charge in [-0.1, -0.05) is 20.4 Å². The summed E-state index contributed by atoms with van der Waals surface area (Å²) in [5.74, 6) is 1.53. The number of aromatic nitrogens is 2. The van der Waals surface area contributed by atoms with Crippen LogP contribution in [-0.4, -0.2) is 9.55 Å². The minimum Gasteiger partial charge on any atom is -0.311 e. The fourth-order valence-electron chi connectivity index (χ4n) is 0.926. The Morgan fingerprint density at radius 2 is 2.40 bits per heavy atom. The molecule has 0 aliphatic rings. The standard InChI is InChI=1S/C8H12N2/c1-4-10-6-5-9-8(10)7(2)3/h4-7H,1H2,2-3H3. The Kier molecular flexibility index (Phi) is 1.90. The van der Waals surface area contributed by atoms with E-state index in [2.05, 4.69) is 25.4 Å². The second kappa shape index (κ2) is 2.69. The zero-order valence-corrected chi connectivity index (χ0v) is 6.41. The van der Waals surface area contributed by atoms with Crippen LogP contribution in [0.3, 0.4) is 0 Å². The van der Waals surface area contributed by atoms with E-state index in [9.17, 15) is 0 Å². The molecule has 0 radical (unpaired) electrons. The van der Waals surface area contributed by atoms with Crippen LogP contribution < -0.4 is 0 Å². The monoisotopic (exact) mass is 136 g/mol. The summed E-state index contributed by atoms with van der Waals surface area (Å²) in [6.45, 7) is 7.90. The lowest BCUT2D eigenvalue weighted by molar-refractivity contribution is 0.765. The second-order valence-electron chi connectivity index (χ2n) is 2.53. The van der Waals surface area contributed by atoms with Gasteiger partial charge in [-0.05, 0) is 0 Å². The van der Waals surface area contributed by atoms with E-state index < -0.39 is 0 Å². The molecule has 10 heavy (non-hydrogen) atoms. The highest BCUT2D eigenvalue weighted by atomic mass is 15.0. The first-order chi connectivity index (χ1) is 4.75. The Balaban J connectivity index is 3.01. The average molecular weight is 136 g/mol. The number of rotatable bonds is 2. The van der Waals surface area contributed by atoms with Gasteiger partial charge in [0.15, 0.2) is 0 Å². The molecule has 0 bridgehead atoms. The topological polar surface area (TPSA) is 17.8 Å². The predicted octanol–water partition coefficient (Wildman–Crippen LogP) is 2.11. The highest BCUT2D eigenvalue weighted by molar-refractivity contribution is 5.20. The number of hydrogen-bond donors (Lipinski definition) is 0. The van der Waals surface area contributed by atoms with E-state index >= 15 is 0 Å². The van der Waals surface area contributed by atoms with Crippen molar-refractivity contribution in [1.29, 1.82) is 0 Å². The van der Waals surface area contributed by atoms with Crippen molar-refractivity contribution in [1.82, 2.24) is 9.55 Å². The molecule has 0 unspecified atom stereocenters. The molecule has 0 aliphatic carbocycles. The molecule has 1 rings (SSSR count).